The van der Waals surface area contributed by atoms with Crippen LogP contribution in [-0.2, 0) is 0 Å². The molecule has 0 aromatic heterocycles. The summed E-state index contributed by atoms with van der Waals surface area (Å²) in [7, 11) is 0. The van der Waals surface area contributed by atoms with Gasteiger partial charge in [0.2, 0.25) is 0 Å². The monoisotopic (exact) mass is 432 g/mol. The molecule has 2 nitrogen and oxygen atoms in total. The third-order valence-electron chi connectivity index (χ3n) is 6.02. The van der Waals surface area contributed by atoms with Gasteiger partial charge in [-0.15, -0.1) is 0 Å². The molecule has 0 N–H and O–H groups in total. The Morgan fingerprint density at radius 2 is 0.412 bits per heavy atom. The molecule has 0 saturated heterocycles. The quantitative estimate of drug-likeness (QED) is 0.288. The van der Waals surface area contributed by atoms with Crippen molar-refractivity contribution >= 4 is 0 Å². The Balaban J connectivity index is 1.32. The molecule has 0 aliphatic carbocycles. The average Bonchev–Trinajstić information content (AvgIpc) is 2.93. The van der Waals surface area contributed by atoms with E-state index in [0.717, 1.165) is 22.3 Å². The standard InChI is InChI=1S/C32H20N2/c33-21-23-1-5-25(6-2-23)27-9-13-29(14-10-27)31-17-19-32(20-18-31)30-15-11-28(12-16-30)26-7-3-24(22-34)4-8-26/h1-20H. The van der Waals surface area contributed by atoms with E-state index >= 15 is 0 Å². The summed E-state index contributed by atoms with van der Waals surface area (Å²) in [5.41, 5.74) is 10.5. The molecule has 0 amide bonds. The van der Waals surface area contributed by atoms with Crippen LogP contribution in [-0.4, -0.2) is 0 Å². The van der Waals surface area contributed by atoms with Crippen molar-refractivity contribution in [2.45, 2.75) is 0 Å². The molecule has 2 heteroatoms. The SMILES string of the molecule is N#Cc1ccc(-c2ccc(-c3ccc(-c4ccc(-c5ccc(C#N)cc5)cc4)cc3)cc2)cc1. The van der Waals surface area contributed by atoms with Crippen LogP contribution in [0, 0.1) is 22.7 Å². The zero-order valence-corrected chi connectivity index (χ0v) is 18.4. The first-order valence-electron chi connectivity index (χ1n) is 11.1. The number of rotatable bonds is 4. The Labute approximate surface area is 199 Å². The van der Waals surface area contributed by atoms with E-state index in [1.807, 2.05) is 48.5 Å². The highest BCUT2D eigenvalue weighted by molar-refractivity contribution is 5.75. The van der Waals surface area contributed by atoms with Crippen molar-refractivity contribution < 1.29 is 0 Å². The Bertz CT molecular complexity index is 1380. The molecule has 0 unspecified atom stereocenters. The number of nitriles is 2. The minimum atomic E-state index is 0.671. The first kappa shape index (κ1) is 21.0. The summed E-state index contributed by atoms with van der Waals surface area (Å²) < 4.78 is 0. The molecule has 0 saturated carbocycles. The molecule has 0 aliphatic heterocycles. The molecule has 158 valence electrons. The van der Waals surface area contributed by atoms with Gasteiger partial charge in [0, 0.05) is 0 Å². The van der Waals surface area contributed by atoms with Crippen LogP contribution in [0.3, 0.4) is 0 Å². The lowest BCUT2D eigenvalue weighted by atomic mass is 9.96. The van der Waals surface area contributed by atoms with E-state index in [2.05, 4.69) is 84.9 Å². The zero-order chi connectivity index (χ0) is 23.3. The first-order valence-corrected chi connectivity index (χ1v) is 11.1. The Kier molecular flexibility index (Phi) is 5.73. The van der Waals surface area contributed by atoms with Crippen molar-refractivity contribution in [2.24, 2.45) is 0 Å². The summed E-state index contributed by atoms with van der Waals surface area (Å²) in [6.45, 7) is 0. The second-order valence-electron chi connectivity index (χ2n) is 8.11. The van der Waals surface area contributed by atoms with Gasteiger partial charge in [-0.3, -0.25) is 0 Å². The van der Waals surface area contributed by atoms with Crippen molar-refractivity contribution in [3.63, 3.8) is 0 Å². The van der Waals surface area contributed by atoms with Gasteiger partial charge in [0.25, 0.3) is 0 Å². The summed E-state index contributed by atoms with van der Waals surface area (Å²) in [4.78, 5) is 0. The number of hydrogen-bond acceptors (Lipinski definition) is 2. The molecular formula is C32H20N2. The maximum atomic E-state index is 8.97. The van der Waals surface area contributed by atoms with Crippen LogP contribution in [0.25, 0.3) is 44.5 Å². The molecule has 0 heterocycles. The van der Waals surface area contributed by atoms with Crippen LogP contribution in [0.4, 0.5) is 0 Å². The second-order valence-corrected chi connectivity index (χ2v) is 8.11. The van der Waals surface area contributed by atoms with Crippen LogP contribution >= 0.6 is 0 Å². The molecular weight excluding hydrogens is 412 g/mol. The van der Waals surface area contributed by atoms with Crippen molar-refractivity contribution in [3.8, 4) is 56.6 Å². The lowest BCUT2D eigenvalue weighted by molar-refractivity contribution is 1.48. The van der Waals surface area contributed by atoms with Gasteiger partial charge in [-0.2, -0.15) is 10.5 Å². The molecule has 5 aromatic rings. The third-order valence-corrected chi connectivity index (χ3v) is 6.02. The maximum absolute atomic E-state index is 8.97. The Hall–Kier alpha value is -4.92. The number of nitrogens with zero attached hydrogens (tertiary/aromatic N) is 2. The second kappa shape index (κ2) is 9.29. The molecule has 0 bridgehead atoms. The normalized spacial score (nSPS) is 10.3. The summed E-state index contributed by atoms with van der Waals surface area (Å²) in [5.74, 6) is 0. The van der Waals surface area contributed by atoms with Crippen molar-refractivity contribution in [1.29, 1.82) is 10.5 Å². The van der Waals surface area contributed by atoms with Crippen LogP contribution < -0.4 is 0 Å². The van der Waals surface area contributed by atoms with E-state index in [9.17, 15) is 0 Å². The molecule has 0 fully saturated rings. The maximum Gasteiger partial charge on any atom is 0.0991 e. The smallest absolute Gasteiger partial charge is 0.0991 e. The molecule has 0 spiro atoms. The van der Waals surface area contributed by atoms with Gasteiger partial charge in [-0.1, -0.05) is 97.1 Å². The Morgan fingerprint density at radius 1 is 0.265 bits per heavy atom. The van der Waals surface area contributed by atoms with Gasteiger partial charge in [0.1, 0.15) is 0 Å². The highest BCUT2D eigenvalue weighted by Crippen LogP contribution is 2.29. The number of benzene rings is 5. The summed E-state index contributed by atoms with van der Waals surface area (Å²) in [6, 6.07) is 45.2. The van der Waals surface area contributed by atoms with Crippen LogP contribution in [0.1, 0.15) is 11.1 Å². The predicted molar refractivity (Wildman–Crippen MR) is 138 cm³/mol. The van der Waals surface area contributed by atoms with E-state index in [-0.39, 0.29) is 0 Å². The van der Waals surface area contributed by atoms with Gasteiger partial charge >= 0.3 is 0 Å². The fraction of sp³-hybridized carbons (Fsp3) is 0. The van der Waals surface area contributed by atoms with Gasteiger partial charge in [-0.05, 0) is 68.8 Å². The molecule has 34 heavy (non-hydrogen) atoms. The first-order chi connectivity index (χ1) is 16.7. The van der Waals surface area contributed by atoms with Crippen molar-refractivity contribution in [1.82, 2.24) is 0 Å². The Morgan fingerprint density at radius 3 is 0.559 bits per heavy atom. The van der Waals surface area contributed by atoms with E-state index < -0.39 is 0 Å². The summed E-state index contributed by atoms with van der Waals surface area (Å²) in [6.07, 6.45) is 0. The van der Waals surface area contributed by atoms with Gasteiger partial charge < -0.3 is 0 Å². The molecule has 5 rings (SSSR count). The lowest BCUT2D eigenvalue weighted by Crippen LogP contribution is -1.83. The van der Waals surface area contributed by atoms with Crippen LogP contribution in [0.2, 0.25) is 0 Å². The van der Waals surface area contributed by atoms with E-state index in [1.54, 1.807) is 0 Å². The minimum absolute atomic E-state index is 0.671. The van der Waals surface area contributed by atoms with E-state index in [1.165, 1.54) is 22.3 Å². The summed E-state index contributed by atoms with van der Waals surface area (Å²) in [5, 5.41) is 17.9. The molecule has 0 atom stereocenters. The molecule has 0 radical (unpaired) electrons. The topological polar surface area (TPSA) is 47.6 Å². The minimum Gasteiger partial charge on any atom is -0.192 e. The van der Waals surface area contributed by atoms with Gasteiger partial charge in [0.05, 0.1) is 23.3 Å². The lowest BCUT2D eigenvalue weighted by Gasteiger charge is -2.08. The van der Waals surface area contributed by atoms with Crippen molar-refractivity contribution in [3.05, 3.63) is 132 Å². The van der Waals surface area contributed by atoms with E-state index in [0.29, 0.717) is 11.1 Å². The fourth-order valence-electron chi connectivity index (χ4n) is 4.04. The van der Waals surface area contributed by atoms with Gasteiger partial charge in [0.15, 0.2) is 0 Å². The third kappa shape index (κ3) is 4.35. The van der Waals surface area contributed by atoms with Crippen molar-refractivity contribution in [2.75, 3.05) is 0 Å². The fourth-order valence-corrected chi connectivity index (χ4v) is 4.04. The zero-order valence-electron chi connectivity index (χ0n) is 18.4. The average molecular weight is 433 g/mol. The summed E-state index contributed by atoms with van der Waals surface area (Å²) >= 11 is 0. The van der Waals surface area contributed by atoms with Crippen LogP contribution in [0.5, 0.6) is 0 Å². The van der Waals surface area contributed by atoms with E-state index in [4.69, 9.17) is 10.5 Å². The highest BCUT2D eigenvalue weighted by Gasteiger charge is 2.04. The highest BCUT2D eigenvalue weighted by atomic mass is 14.2. The molecule has 5 aromatic carbocycles. The predicted octanol–water partition coefficient (Wildman–Crippen LogP) is 8.10. The molecule has 0 aliphatic rings. The van der Waals surface area contributed by atoms with Gasteiger partial charge in [-0.25, -0.2) is 0 Å². The number of hydrogen-bond donors (Lipinski definition) is 0. The largest absolute Gasteiger partial charge is 0.192 e. The van der Waals surface area contributed by atoms with Crippen LogP contribution in [0.15, 0.2) is 121 Å².